The zero-order valence-corrected chi connectivity index (χ0v) is 14.6. The van der Waals surface area contributed by atoms with Crippen molar-refractivity contribution in [3.05, 3.63) is 6.33 Å². The molecule has 0 bridgehead atoms. The molecule has 8 nitrogen and oxygen atoms in total. The lowest BCUT2D eigenvalue weighted by atomic mass is 9.97. The second kappa shape index (κ2) is 8.23. The highest BCUT2D eigenvalue weighted by Crippen LogP contribution is 2.12. The molecule has 1 unspecified atom stereocenters. The molecule has 0 spiro atoms. The summed E-state index contributed by atoms with van der Waals surface area (Å²) in [4.78, 5) is 30.4. The van der Waals surface area contributed by atoms with E-state index in [1.807, 2.05) is 11.8 Å². The molecule has 0 saturated carbocycles. The predicted molar refractivity (Wildman–Crippen MR) is 91.2 cm³/mol. The van der Waals surface area contributed by atoms with Crippen LogP contribution in [0.3, 0.4) is 0 Å². The van der Waals surface area contributed by atoms with Crippen molar-refractivity contribution in [2.75, 3.05) is 18.4 Å². The molecule has 24 heavy (non-hydrogen) atoms. The van der Waals surface area contributed by atoms with Crippen LogP contribution in [-0.4, -0.2) is 50.1 Å². The number of rotatable bonds is 6. The summed E-state index contributed by atoms with van der Waals surface area (Å²) in [5, 5.41) is 6.77. The van der Waals surface area contributed by atoms with E-state index in [2.05, 4.69) is 15.4 Å². The average Bonchev–Trinajstić information content (AvgIpc) is 2.79. The molecular weight excluding hydrogens is 308 g/mol. The summed E-state index contributed by atoms with van der Waals surface area (Å²) in [5.74, 6) is -0.105. The molecule has 0 aromatic carbocycles. The number of hydrogen-bond acceptors (Lipinski definition) is 5. The van der Waals surface area contributed by atoms with Crippen LogP contribution in [0.5, 0.6) is 0 Å². The van der Waals surface area contributed by atoms with Crippen molar-refractivity contribution in [1.29, 1.82) is 0 Å². The van der Waals surface area contributed by atoms with E-state index in [4.69, 9.17) is 5.73 Å². The van der Waals surface area contributed by atoms with E-state index in [9.17, 15) is 9.59 Å². The van der Waals surface area contributed by atoms with Crippen LogP contribution in [0, 0.1) is 0 Å². The van der Waals surface area contributed by atoms with Gasteiger partial charge in [0.15, 0.2) is 0 Å². The molecule has 1 aromatic heterocycles. The van der Waals surface area contributed by atoms with Gasteiger partial charge in [-0.1, -0.05) is 26.2 Å². The van der Waals surface area contributed by atoms with Crippen LogP contribution in [0.4, 0.5) is 5.95 Å². The zero-order chi connectivity index (χ0) is 17.6. The summed E-state index contributed by atoms with van der Waals surface area (Å²) in [6.07, 6.45) is 7.31. The Bertz CT molecular complexity index is 561. The molecule has 1 fully saturated rings. The van der Waals surface area contributed by atoms with E-state index < -0.39 is 5.54 Å². The minimum absolute atomic E-state index is 0.0364. The van der Waals surface area contributed by atoms with Crippen molar-refractivity contribution >= 4 is 17.8 Å². The van der Waals surface area contributed by atoms with Gasteiger partial charge in [-0.2, -0.15) is 0 Å². The standard InChI is InChI=1S/C16H28N6O2/c1-3-8-16(2,17)14(24)19-15-18-12-22(20-15)11-13(23)21-9-6-4-5-7-10-21/h12H,3-11,17H2,1-2H3,(H,19,20,24). The Labute approximate surface area is 142 Å². The molecule has 1 aliphatic heterocycles. The zero-order valence-electron chi connectivity index (χ0n) is 14.6. The number of nitrogens with two attached hydrogens (primary N) is 1. The summed E-state index contributed by atoms with van der Waals surface area (Å²) in [7, 11) is 0. The minimum atomic E-state index is -0.956. The van der Waals surface area contributed by atoms with E-state index in [0.29, 0.717) is 6.42 Å². The van der Waals surface area contributed by atoms with Crippen LogP contribution in [0.1, 0.15) is 52.4 Å². The average molecular weight is 336 g/mol. The maximum atomic E-state index is 12.3. The van der Waals surface area contributed by atoms with Crippen molar-refractivity contribution in [3.63, 3.8) is 0 Å². The van der Waals surface area contributed by atoms with Crippen LogP contribution < -0.4 is 11.1 Å². The van der Waals surface area contributed by atoms with Crippen LogP contribution in [0.15, 0.2) is 6.33 Å². The first-order chi connectivity index (χ1) is 11.4. The van der Waals surface area contributed by atoms with Crippen LogP contribution in [-0.2, 0) is 16.1 Å². The number of likely N-dealkylation sites (tertiary alicyclic amines) is 1. The largest absolute Gasteiger partial charge is 0.341 e. The van der Waals surface area contributed by atoms with Gasteiger partial charge in [0.1, 0.15) is 12.9 Å². The smallest absolute Gasteiger partial charge is 0.248 e. The second-order valence-corrected chi connectivity index (χ2v) is 6.68. The Balaban J connectivity index is 1.90. The predicted octanol–water partition coefficient (Wildman–Crippen LogP) is 1.14. The fraction of sp³-hybridized carbons (Fsp3) is 0.750. The molecule has 1 saturated heterocycles. The molecule has 1 aromatic rings. The summed E-state index contributed by atoms with van der Waals surface area (Å²) in [6.45, 7) is 5.41. The molecule has 3 N–H and O–H groups in total. The van der Waals surface area contributed by atoms with Gasteiger partial charge in [0.2, 0.25) is 17.8 Å². The topological polar surface area (TPSA) is 106 Å². The summed E-state index contributed by atoms with van der Waals surface area (Å²) >= 11 is 0. The van der Waals surface area contributed by atoms with Gasteiger partial charge in [0.25, 0.3) is 0 Å². The highest BCUT2D eigenvalue weighted by atomic mass is 16.2. The van der Waals surface area contributed by atoms with Crippen molar-refractivity contribution < 1.29 is 9.59 Å². The lowest BCUT2D eigenvalue weighted by molar-refractivity contribution is -0.132. The van der Waals surface area contributed by atoms with Gasteiger partial charge in [-0.05, 0) is 26.2 Å². The van der Waals surface area contributed by atoms with E-state index in [0.717, 1.165) is 32.4 Å². The Morgan fingerprint density at radius 1 is 1.29 bits per heavy atom. The Morgan fingerprint density at radius 2 is 1.96 bits per heavy atom. The molecule has 2 rings (SSSR count). The number of carbonyl (C=O) groups is 2. The van der Waals surface area contributed by atoms with Gasteiger partial charge in [-0.3, -0.25) is 14.9 Å². The SMILES string of the molecule is CCCC(C)(N)C(=O)Nc1ncn(CC(=O)N2CCCCCC2)n1. The van der Waals surface area contributed by atoms with E-state index >= 15 is 0 Å². The molecular formula is C16H28N6O2. The van der Waals surface area contributed by atoms with Crippen LogP contribution in [0.2, 0.25) is 0 Å². The fourth-order valence-electron chi connectivity index (χ4n) is 2.86. The van der Waals surface area contributed by atoms with E-state index in [-0.39, 0.29) is 24.3 Å². The second-order valence-electron chi connectivity index (χ2n) is 6.68. The number of amides is 2. The molecule has 0 radical (unpaired) electrons. The van der Waals surface area contributed by atoms with Crippen LogP contribution in [0.25, 0.3) is 0 Å². The third-order valence-electron chi connectivity index (χ3n) is 4.31. The molecule has 1 atom stereocenters. The van der Waals surface area contributed by atoms with E-state index in [1.165, 1.54) is 23.9 Å². The number of carbonyl (C=O) groups excluding carboxylic acids is 2. The number of anilines is 1. The monoisotopic (exact) mass is 336 g/mol. The van der Waals surface area contributed by atoms with Gasteiger partial charge < -0.3 is 10.6 Å². The number of hydrogen-bond donors (Lipinski definition) is 2. The van der Waals surface area contributed by atoms with Gasteiger partial charge in [0, 0.05) is 13.1 Å². The number of aromatic nitrogens is 3. The maximum absolute atomic E-state index is 12.3. The lowest BCUT2D eigenvalue weighted by Gasteiger charge is -2.21. The highest BCUT2D eigenvalue weighted by Gasteiger charge is 2.28. The summed E-state index contributed by atoms with van der Waals surface area (Å²) < 4.78 is 1.45. The molecule has 2 amide bonds. The van der Waals surface area contributed by atoms with E-state index in [1.54, 1.807) is 6.92 Å². The first-order valence-electron chi connectivity index (χ1n) is 8.70. The van der Waals surface area contributed by atoms with Crippen molar-refractivity contribution in [2.45, 2.75) is 64.5 Å². The maximum Gasteiger partial charge on any atom is 0.248 e. The van der Waals surface area contributed by atoms with Crippen molar-refractivity contribution in [1.82, 2.24) is 19.7 Å². The van der Waals surface area contributed by atoms with Gasteiger partial charge in [0.05, 0.1) is 5.54 Å². The third kappa shape index (κ3) is 5.02. The fourth-order valence-corrected chi connectivity index (χ4v) is 2.86. The molecule has 0 aliphatic carbocycles. The number of nitrogens with zero attached hydrogens (tertiary/aromatic N) is 4. The summed E-state index contributed by atoms with van der Waals surface area (Å²) in [5.41, 5.74) is 5.03. The number of nitrogens with one attached hydrogen (secondary N) is 1. The normalized spacial score (nSPS) is 17.9. The molecule has 1 aliphatic rings. The van der Waals surface area contributed by atoms with Crippen LogP contribution >= 0.6 is 0 Å². The summed E-state index contributed by atoms with van der Waals surface area (Å²) in [6, 6.07) is 0. The first-order valence-corrected chi connectivity index (χ1v) is 8.70. The third-order valence-corrected chi connectivity index (χ3v) is 4.31. The Hall–Kier alpha value is -1.96. The first kappa shape index (κ1) is 18.4. The van der Waals surface area contributed by atoms with Gasteiger partial charge >= 0.3 is 0 Å². The molecule has 8 heteroatoms. The minimum Gasteiger partial charge on any atom is -0.341 e. The van der Waals surface area contributed by atoms with Gasteiger partial charge in [-0.25, -0.2) is 9.67 Å². The molecule has 2 heterocycles. The van der Waals surface area contributed by atoms with Gasteiger partial charge in [-0.15, -0.1) is 5.10 Å². The lowest BCUT2D eigenvalue weighted by Crippen LogP contribution is -2.48. The Morgan fingerprint density at radius 3 is 2.58 bits per heavy atom. The highest BCUT2D eigenvalue weighted by molar-refractivity contribution is 5.96. The Kier molecular flexibility index (Phi) is 6.30. The quantitative estimate of drug-likeness (QED) is 0.810. The van der Waals surface area contributed by atoms with Crippen molar-refractivity contribution in [2.24, 2.45) is 5.73 Å². The van der Waals surface area contributed by atoms with Crippen molar-refractivity contribution in [3.8, 4) is 0 Å². The molecule has 134 valence electrons.